The van der Waals surface area contributed by atoms with Crippen LogP contribution in [0.2, 0.25) is 0 Å². The van der Waals surface area contributed by atoms with Crippen LogP contribution in [-0.4, -0.2) is 12.3 Å². The molecular weight excluding hydrogens is 229 g/mol. The zero-order valence-electron chi connectivity index (χ0n) is 11.4. The lowest BCUT2D eigenvalue weighted by Crippen LogP contribution is -2.18. The minimum absolute atomic E-state index is 0.00250. The number of rotatable bonds is 6. The van der Waals surface area contributed by atoms with Crippen molar-refractivity contribution in [2.24, 2.45) is 11.1 Å². The van der Waals surface area contributed by atoms with E-state index in [1.54, 1.807) is 13.0 Å². The van der Waals surface area contributed by atoms with E-state index in [9.17, 15) is 9.18 Å². The van der Waals surface area contributed by atoms with Gasteiger partial charge in [-0.05, 0) is 55.5 Å². The Hall–Kier alpha value is -1.22. The number of Topliss-reactive ketones (excluding diaryl/α,β-unsaturated/α-hetero) is 1. The third-order valence-electron chi connectivity index (χ3n) is 3.21. The SMILES string of the molecule is Cc1cc(F)cc(C(=O)CCC(C)(C)CCN)c1. The molecule has 0 heterocycles. The van der Waals surface area contributed by atoms with E-state index in [1.807, 2.05) is 0 Å². The van der Waals surface area contributed by atoms with Crippen LogP contribution in [0.15, 0.2) is 18.2 Å². The maximum Gasteiger partial charge on any atom is 0.163 e. The lowest BCUT2D eigenvalue weighted by Gasteiger charge is -2.23. The van der Waals surface area contributed by atoms with Crippen molar-refractivity contribution in [1.82, 2.24) is 0 Å². The van der Waals surface area contributed by atoms with Crippen LogP contribution < -0.4 is 5.73 Å². The quantitative estimate of drug-likeness (QED) is 0.787. The summed E-state index contributed by atoms with van der Waals surface area (Å²) < 4.78 is 13.2. The van der Waals surface area contributed by atoms with Crippen LogP contribution in [0.5, 0.6) is 0 Å². The van der Waals surface area contributed by atoms with Gasteiger partial charge in [0, 0.05) is 12.0 Å². The Labute approximate surface area is 108 Å². The first-order valence-electron chi connectivity index (χ1n) is 6.34. The Kier molecular flexibility index (Phi) is 5.03. The van der Waals surface area contributed by atoms with Crippen LogP contribution in [0.4, 0.5) is 4.39 Å². The van der Waals surface area contributed by atoms with E-state index in [1.165, 1.54) is 12.1 Å². The standard InChI is InChI=1S/C15H22FNO/c1-11-8-12(10-13(16)9-11)14(18)4-5-15(2,3)6-7-17/h8-10H,4-7,17H2,1-3H3. The average Bonchev–Trinajstić information content (AvgIpc) is 2.24. The first kappa shape index (κ1) is 14.8. The van der Waals surface area contributed by atoms with Crippen molar-refractivity contribution in [3.63, 3.8) is 0 Å². The molecule has 100 valence electrons. The van der Waals surface area contributed by atoms with E-state index < -0.39 is 0 Å². The molecule has 0 saturated carbocycles. The lowest BCUT2D eigenvalue weighted by molar-refractivity contribution is 0.0961. The minimum atomic E-state index is -0.348. The Morgan fingerprint density at radius 1 is 1.28 bits per heavy atom. The fourth-order valence-corrected chi connectivity index (χ4v) is 2.01. The van der Waals surface area contributed by atoms with E-state index in [0.717, 1.165) is 18.4 Å². The number of nitrogens with two attached hydrogens (primary N) is 1. The highest BCUT2D eigenvalue weighted by atomic mass is 19.1. The summed E-state index contributed by atoms with van der Waals surface area (Å²) in [5.74, 6) is -0.345. The van der Waals surface area contributed by atoms with Crippen LogP contribution in [0.1, 0.15) is 49.0 Å². The van der Waals surface area contributed by atoms with E-state index in [4.69, 9.17) is 5.73 Å². The number of carbonyl (C=O) groups excluding carboxylic acids is 1. The summed E-state index contributed by atoms with van der Waals surface area (Å²) in [6, 6.07) is 4.47. The number of hydrogen-bond donors (Lipinski definition) is 1. The maximum absolute atomic E-state index is 13.2. The number of aryl methyl sites for hydroxylation is 1. The highest BCUT2D eigenvalue weighted by Gasteiger charge is 2.19. The van der Waals surface area contributed by atoms with Crippen molar-refractivity contribution in [2.75, 3.05) is 6.54 Å². The Bertz CT molecular complexity index is 406. The molecule has 18 heavy (non-hydrogen) atoms. The highest BCUT2D eigenvalue weighted by Crippen LogP contribution is 2.27. The predicted octanol–water partition coefficient (Wildman–Crippen LogP) is 3.47. The van der Waals surface area contributed by atoms with Gasteiger partial charge in [0.1, 0.15) is 5.82 Å². The average molecular weight is 251 g/mol. The van der Waals surface area contributed by atoms with Gasteiger partial charge in [-0.2, -0.15) is 0 Å². The minimum Gasteiger partial charge on any atom is -0.330 e. The summed E-state index contributed by atoms with van der Waals surface area (Å²) in [7, 11) is 0. The van der Waals surface area contributed by atoms with Gasteiger partial charge in [0.25, 0.3) is 0 Å². The van der Waals surface area contributed by atoms with Gasteiger partial charge in [-0.3, -0.25) is 4.79 Å². The molecule has 0 aromatic heterocycles. The van der Waals surface area contributed by atoms with Gasteiger partial charge in [-0.15, -0.1) is 0 Å². The molecule has 2 N–H and O–H groups in total. The van der Waals surface area contributed by atoms with Crippen molar-refractivity contribution in [2.45, 2.75) is 40.0 Å². The molecule has 0 aliphatic heterocycles. The van der Waals surface area contributed by atoms with E-state index in [2.05, 4.69) is 13.8 Å². The van der Waals surface area contributed by atoms with Crippen molar-refractivity contribution in [1.29, 1.82) is 0 Å². The molecule has 0 amide bonds. The second-order valence-corrected chi connectivity index (χ2v) is 5.64. The molecule has 1 aromatic rings. The van der Waals surface area contributed by atoms with Crippen molar-refractivity contribution in [3.8, 4) is 0 Å². The molecule has 0 radical (unpaired) electrons. The van der Waals surface area contributed by atoms with Gasteiger partial charge >= 0.3 is 0 Å². The largest absolute Gasteiger partial charge is 0.330 e. The van der Waals surface area contributed by atoms with Crippen LogP contribution >= 0.6 is 0 Å². The number of carbonyl (C=O) groups is 1. The predicted molar refractivity (Wildman–Crippen MR) is 72.2 cm³/mol. The zero-order chi connectivity index (χ0) is 13.8. The Morgan fingerprint density at radius 3 is 2.50 bits per heavy atom. The summed E-state index contributed by atoms with van der Waals surface area (Å²) in [4.78, 5) is 12.0. The molecule has 0 bridgehead atoms. The smallest absolute Gasteiger partial charge is 0.163 e. The molecule has 0 spiro atoms. The van der Waals surface area contributed by atoms with Crippen LogP contribution in [-0.2, 0) is 0 Å². The molecule has 0 unspecified atom stereocenters. The van der Waals surface area contributed by atoms with Gasteiger partial charge in [0.15, 0.2) is 5.78 Å². The first-order valence-corrected chi connectivity index (χ1v) is 6.34. The first-order chi connectivity index (χ1) is 8.34. The number of benzene rings is 1. The van der Waals surface area contributed by atoms with Gasteiger partial charge in [0.05, 0.1) is 0 Å². The molecule has 0 saturated heterocycles. The third kappa shape index (κ3) is 4.57. The summed E-state index contributed by atoms with van der Waals surface area (Å²) >= 11 is 0. The molecule has 0 fully saturated rings. The molecule has 0 aliphatic carbocycles. The lowest BCUT2D eigenvalue weighted by atomic mass is 9.83. The summed E-state index contributed by atoms with van der Waals surface area (Å²) in [6.45, 7) is 6.62. The number of hydrogen-bond acceptors (Lipinski definition) is 2. The fourth-order valence-electron chi connectivity index (χ4n) is 2.01. The molecule has 0 atom stereocenters. The summed E-state index contributed by atoms with van der Waals surface area (Å²) in [6.07, 6.45) is 2.11. The molecule has 2 nitrogen and oxygen atoms in total. The summed E-state index contributed by atoms with van der Waals surface area (Å²) in [5.41, 5.74) is 6.85. The molecule has 1 aromatic carbocycles. The van der Waals surface area contributed by atoms with Crippen molar-refractivity contribution >= 4 is 5.78 Å². The molecular formula is C15H22FNO. The van der Waals surface area contributed by atoms with Gasteiger partial charge in [-0.1, -0.05) is 13.8 Å². The second kappa shape index (κ2) is 6.10. The zero-order valence-corrected chi connectivity index (χ0v) is 11.4. The Morgan fingerprint density at radius 2 is 1.94 bits per heavy atom. The maximum atomic E-state index is 13.2. The number of ketones is 1. The normalized spacial score (nSPS) is 11.6. The number of halogens is 1. The van der Waals surface area contributed by atoms with E-state index in [-0.39, 0.29) is 17.0 Å². The summed E-state index contributed by atoms with van der Waals surface area (Å²) in [5, 5.41) is 0. The van der Waals surface area contributed by atoms with Crippen molar-refractivity contribution < 1.29 is 9.18 Å². The third-order valence-corrected chi connectivity index (χ3v) is 3.21. The van der Waals surface area contributed by atoms with Crippen molar-refractivity contribution in [3.05, 3.63) is 35.1 Å². The Balaban J connectivity index is 2.66. The van der Waals surface area contributed by atoms with E-state index in [0.29, 0.717) is 18.5 Å². The molecule has 1 rings (SSSR count). The van der Waals surface area contributed by atoms with Crippen LogP contribution in [0.3, 0.4) is 0 Å². The molecule has 3 heteroatoms. The van der Waals surface area contributed by atoms with E-state index >= 15 is 0 Å². The topological polar surface area (TPSA) is 43.1 Å². The monoisotopic (exact) mass is 251 g/mol. The van der Waals surface area contributed by atoms with Gasteiger partial charge < -0.3 is 5.73 Å². The second-order valence-electron chi connectivity index (χ2n) is 5.64. The highest BCUT2D eigenvalue weighted by molar-refractivity contribution is 5.96. The van der Waals surface area contributed by atoms with Crippen LogP contribution in [0, 0.1) is 18.2 Å². The molecule has 0 aliphatic rings. The van der Waals surface area contributed by atoms with Gasteiger partial charge in [0.2, 0.25) is 0 Å². The fraction of sp³-hybridized carbons (Fsp3) is 0.533. The van der Waals surface area contributed by atoms with Gasteiger partial charge in [-0.25, -0.2) is 4.39 Å². The van der Waals surface area contributed by atoms with Crippen LogP contribution in [0.25, 0.3) is 0 Å².